The van der Waals surface area contributed by atoms with Crippen LogP contribution in [0.25, 0.3) is 0 Å². The van der Waals surface area contributed by atoms with E-state index in [0.29, 0.717) is 12.0 Å². The first-order chi connectivity index (χ1) is 10.0. The zero-order chi connectivity index (χ0) is 15.4. The lowest BCUT2D eigenvalue weighted by molar-refractivity contribution is 0.832. The van der Waals surface area contributed by atoms with Crippen LogP contribution in [-0.4, -0.2) is 0 Å². The van der Waals surface area contributed by atoms with Gasteiger partial charge in [0, 0.05) is 0 Å². The lowest BCUT2D eigenvalue weighted by Crippen LogP contribution is -2.05. The van der Waals surface area contributed by atoms with Crippen molar-refractivity contribution in [2.24, 2.45) is 0 Å². The molecule has 0 heterocycles. The van der Waals surface area contributed by atoms with Crippen LogP contribution in [0.2, 0.25) is 0 Å². The molecule has 2 aromatic carbocycles. The van der Waals surface area contributed by atoms with E-state index in [1.165, 1.54) is 16.7 Å². The maximum absolute atomic E-state index is 9.56. The maximum atomic E-state index is 9.56. The van der Waals surface area contributed by atoms with Gasteiger partial charge in [-0.25, -0.2) is 0 Å². The molecule has 2 rings (SSSR count). The number of hydrogen-bond donors (Lipinski definition) is 0. The Morgan fingerprint density at radius 3 is 2.00 bits per heavy atom. The highest BCUT2D eigenvalue weighted by Crippen LogP contribution is 2.28. The van der Waals surface area contributed by atoms with Crippen LogP contribution in [0.1, 0.15) is 39.3 Å². The van der Waals surface area contributed by atoms with E-state index in [0.717, 1.165) is 11.1 Å². The van der Waals surface area contributed by atoms with Crippen molar-refractivity contribution in [3.8, 4) is 12.1 Å². The topological polar surface area (TPSA) is 47.6 Å². The molecule has 104 valence electrons. The number of nitrogens with zero attached hydrogens (tertiary/aromatic N) is 2. The lowest BCUT2D eigenvalue weighted by Gasteiger charge is -2.16. The van der Waals surface area contributed by atoms with Gasteiger partial charge in [0.15, 0.2) is 0 Å². The van der Waals surface area contributed by atoms with Crippen LogP contribution in [-0.2, 0) is 6.42 Å². The van der Waals surface area contributed by atoms with Gasteiger partial charge in [-0.15, -0.1) is 0 Å². The zero-order valence-electron chi connectivity index (χ0n) is 12.6. The van der Waals surface area contributed by atoms with E-state index in [-0.39, 0.29) is 5.92 Å². The molecule has 0 aliphatic rings. The highest BCUT2D eigenvalue weighted by molar-refractivity contribution is 5.43. The predicted octanol–water partition coefficient (Wildman–Crippen LogP) is 4.33. The highest BCUT2D eigenvalue weighted by Gasteiger charge is 2.16. The number of aryl methyl sites for hydroxylation is 3. The van der Waals surface area contributed by atoms with Crippen LogP contribution in [0, 0.1) is 43.4 Å². The van der Waals surface area contributed by atoms with Crippen molar-refractivity contribution in [2.45, 2.75) is 33.1 Å². The van der Waals surface area contributed by atoms with Gasteiger partial charge in [0.05, 0.1) is 23.6 Å². The predicted molar refractivity (Wildman–Crippen MR) is 83.9 cm³/mol. The number of nitriles is 2. The van der Waals surface area contributed by atoms with Gasteiger partial charge in [-0.2, -0.15) is 10.5 Å². The van der Waals surface area contributed by atoms with Crippen molar-refractivity contribution in [1.29, 1.82) is 10.5 Å². The van der Waals surface area contributed by atoms with Crippen LogP contribution >= 0.6 is 0 Å². The Bertz CT molecular complexity index is 705. The molecule has 0 N–H and O–H groups in total. The molecule has 2 nitrogen and oxygen atoms in total. The fourth-order valence-corrected chi connectivity index (χ4v) is 2.90. The molecular formula is C19H18N2. The Kier molecular flexibility index (Phi) is 4.41. The van der Waals surface area contributed by atoms with Crippen LogP contribution in [0.4, 0.5) is 0 Å². The average Bonchev–Trinajstić information content (AvgIpc) is 2.45. The summed E-state index contributed by atoms with van der Waals surface area (Å²) >= 11 is 0. The molecule has 0 amide bonds. The first kappa shape index (κ1) is 14.8. The molecule has 0 aliphatic carbocycles. The normalized spacial score (nSPS) is 11.5. The fraction of sp³-hybridized carbons (Fsp3) is 0.263. The second-order valence-electron chi connectivity index (χ2n) is 5.51. The Balaban J connectivity index is 2.33. The molecule has 2 heteroatoms. The van der Waals surface area contributed by atoms with Crippen LogP contribution < -0.4 is 0 Å². The molecule has 0 saturated heterocycles. The third kappa shape index (κ3) is 3.30. The maximum Gasteiger partial charge on any atom is 0.0991 e. The van der Waals surface area contributed by atoms with Gasteiger partial charge in [0.2, 0.25) is 0 Å². The van der Waals surface area contributed by atoms with Gasteiger partial charge >= 0.3 is 0 Å². The SMILES string of the molecule is Cc1cc(C)c(C(C#N)Cc2ccc(C#N)cc2)c(C)c1. The zero-order valence-corrected chi connectivity index (χ0v) is 12.6. The fourth-order valence-electron chi connectivity index (χ4n) is 2.90. The molecule has 1 unspecified atom stereocenters. The van der Waals surface area contributed by atoms with Crippen LogP contribution in [0.15, 0.2) is 36.4 Å². The molecule has 1 atom stereocenters. The van der Waals surface area contributed by atoms with E-state index < -0.39 is 0 Å². The molecule has 0 saturated carbocycles. The highest BCUT2D eigenvalue weighted by atomic mass is 14.3. The lowest BCUT2D eigenvalue weighted by atomic mass is 9.86. The molecule has 21 heavy (non-hydrogen) atoms. The summed E-state index contributed by atoms with van der Waals surface area (Å²) in [6, 6.07) is 16.3. The molecule has 0 radical (unpaired) electrons. The van der Waals surface area contributed by atoms with E-state index in [4.69, 9.17) is 5.26 Å². The quantitative estimate of drug-likeness (QED) is 0.836. The molecule has 0 aromatic heterocycles. The summed E-state index contributed by atoms with van der Waals surface area (Å²) in [7, 11) is 0. The Morgan fingerprint density at radius 1 is 0.952 bits per heavy atom. The third-order valence-electron chi connectivity index (χ3n) is 3.77. The van der Waals surface area contributed by atoms with Gasteiger partial charge in [-0.3, -0.25) is 0 Å². The molecule has 2 aromatic rings. The van der Waals surface area contributed by atoms with E-state index in [1.54, 1.807) is 12.1 Å². The molecule has 0 spiro atoms. The number of rotatable bonds is 3. The third-order valence-corrected chi connectivity index (χ3v) is 3.77. The largest absolute Gasteiger partial charge is 0.198 e. The van der Waals surface area contributed by atoms with Crippen molar-refractivity contribution in [3.63, 3.8) is 0 Å². The Labute approximate surface area is 126 Å². The van der Waals surface area contributed by atoms with E-state index in [2.05, 4.69) is 45.0 Å². The average molecular weight is 274 g/mol. The smallest absolute Gasteiger partial charge is 0.0991 e. The molecule has 0 fully saturated rings. The number of hydrogen-bond acceptors (Lipinski definition) is 2. The summed E-state index contributed by atoms with van der Waals surface area (Å²) in [5, 5.41) is 18.4. The van der Waals surface area contributed by atoms with Crippen molar-refractivity contribution >= 4 is 0 Å². The second-order valence-corrected chi connectivity index (χ2v) is 5.51. The van der Waals surface area contributed by atoms with Crippen molar-refractivity contribution in [2.75, 3.05) is 0 Å². The van der Waals surface area contributed by atoms with Gasteiger partial charge < -0.3 is 0 Å². The minimum absolute atomic E-state index is 0.154. The van der Waals surface area contributed by atoms with Gasteiger partial charge in [-0.1, -0.05) is 29.8 Å². The molecule has 0 bridgehead atoms. The van der Waals surface area contributed by atoms with Crippen LogP contribution in [0.3, 0.4) is 0 Å². The summed E-state index contributed by atoms with van der Waals surface area (Å²) in [5.41, 5.74) is 6.44. The van der Waals surface area contributed by atoms with Crippen LogP contribution in [0.5, 0.6) is 0 Å². The van der Waals surface area contributed by atoms with E-state index in [1.807, 2.05) is 12.1 Å². The summed E-state index contributed by atoms with van der Waals surface area (Å²) in [4.78, 5) is 0. The Morgan fingerprint density at radius 2 is 1.52 bits per heavy atom. The first-order valence-electron chi connectivity index (χ1n) is 7.01. The summed E-state index contributed by atoms with van der Waals surface area (Å²) < 4.78 is 0. The molecular weight excluding hydrogens is 256 g/mol. The first-order valence-corrected chi connectivity index (χ1v) is 7.01. The van der Waals surface area contributed by atoms with E-state index >= 15 is 0 Å². The summed E-state index contributed by atoms with van der Waals surface area (Å²) in [5.74, 6) is -0.154. The summed E-state index contributed by atoms with van der Waals surface area (Å²) in [6.07, 6.45) is 0.674. The van der Waals surface area contributed by atoms with E-state index in [9.17, 15) is 5.26 Å². The Hall–Kier alpha value is -2.58. The summed E-state index contributed by atoms with van der Waals surface area (Å²) in [6.45, 7) is 6.21. The monoisotopic (exact) mass is 274 g/mol. The second kappa shape index (κ2) is 6.25. The van der Waals surface area contributed by atoms with Crippen molar-refractivity contribution in [1.82, 2.24) is 0 Å². The van der Waals surface area contributed by atoms with Gasteiger partial charge in [0.25, 0.3) is 0 Å². The van der Waals surface area contributed by atoms with Gasteiger partial charge in [0.1, 0.15) is 0 Å². The minimum Gasteiger partial charge on any atom is -0.198 e. The molecule has 0 aliphatic heterocycles. The minimum atomic E-state index is -0.154. The van der Waals surface area contributed by atoms with Gasteiger partial charge in [-0.05, 0) is 61.6 Å². The van der Waals surface area contributed by atoms with Crippen molar-refractivity contribution < 1.29 is 0 Å². The van der Waals surface area contributed by atoms with Crippen molar-refractivity contribution in [3.05, 3.63) is 69.8 Å². The standard InChI is InChI=1S/C19H18N2/c1-13-8-14(2)19(15(3)9-13)18(12-21)10-16-4-6-17(11-20)7-5-16/h4-9,18H,10H2,1-3H3. The number of benzene rings is 2.